The Hall–Kier alpha value is -1.66. The first-order valence-corrected chi connectivity index (χ1v) is 5.60. The largest absolute Gasteiger partial charge is 0.380 e. The van der Waals surface area contributed by atoms with E-state index in [1.54, 1.807) is 7.11 Å². The Labute approximate surface area is 98.4 Å². The molecule has 17 heavy (non-hydrogen) atoms. The summed E-state index contributed by atoms with van der Waals surface area (Å²) < 4.78 is 10.5. The molecule has 2 aromatic heterocycles. The number of rotatable bonds is 3. The van der Waals surface area contributed by atoms with Crippen LogP contribution in [0.4, 0.5) is 0 Å². The maximum atomic E-state index is 5.28. The molecule has 3 heterocycles. The van der Waals surface area contributed by atoms with Crippen LogP contribution in [-0.2, 0) is 4.74 Å². The Morgan fingerprint density at radius 1 is 1.53 bits per heavy atom. The molecule has 0 aliphatic carbocycles. The van der Waals surface area contributed by atoms with Crippen molar-refractivity contribution in [2.75, 3.05) is 13.7 Å². The molecule has 0 spiro atoms. The molecule has 6 heteroatoms. The molecule has 1 aliphatic rings. The average molecular weight is 234 g/mol. The predicted molar refractivity (Wildman–Crippen MR) is 60.2 cm³/mol. The molecular weight excluding hydrogens is 220 g/mol. The zero-order valence-corrected chi connectivity index (χ0v) is 9.51. The van der Waals surface area contributed by atoms with Gasteiger partial charge in [-0.1, -0.05) is 5.16 Å². The molecule has 2 aromatic rings. The molecule has 2 atom stereocenters. The van der Waals surface area contributed by atoms with E-state index in [-0.39, 0.29) is 12.1 Å². The van der Waals surface area contributed by atoms with Crippen LogP contribution in [0.15, 0.2) is 22.9 Å². The lowest BCUT2D eigenvalue weighted by atomic mass is 10.2. The molecule has 2 N–H and O–H groups in total. The van der Waals surface area contributed by atoms with Gasteiger partial charge in [0, 0.05) is 19.9 Å². The highest BCUT2D eigenvalue weighted by molar-refractivity contribution is 5.47. The second-order valence-corrected chi connectivity index (χ2v) is 4.09. The summed E-state index contributed by atoms with van der Waals surface area (Å²) in [6.07, 6.45) is 2.92. The molecule has 0 aromatic carbocycles. The molecule has 0 saturated carbocycles. The number of H-pyrrole nitrogens is 1. The fraction of sp³-hybridized carbons (Fsp3) is 0.455. The number of nitrogens with zero attached hydrogens (tertiary/aromatic N) is 2. The van der Waals surface area contributed by atoms with E-state index in [2.05, 4.69) is 20.4 Å². The highest BCUT2D eigenvalue weighted by Gasteiger charge is 2.29. The maximum Gasteiger partial charge on any atom is 0.244 e. The molecule has 6 nitrogen and oxygen atoms in total. The van der Waals surface area contributed by atoms with Crippen LogP contribution >= 0.6 is 0 Å². The molecule has 90 valence electrons. The third-order valence-corrected chi connectivity index (χ3v) is 3.00. The lowest BCUT2D eigenvalue weighted by molar-refractivity contribution is 0.116. The van der Waals surface area contributed by atoms with E-state index in [0.717, 1.165) is 18.7 Å². The van der Waals surface area contributed by atoms with Crippen LogP contribution in [0.5, 0.6) is 0 Å². The Balaban J connectivity index is 1.77. The first-order chi connectivity index (χ1) is 8.36. The van der Waals surface area contributed by atoms with Gasteiger partial charge in [-0.2, -0.15) is 4.98 Å². The van der Waals surface area contributed by atoms with E-state index in [0.29, 0.717) is 11.7 Å². The van der Waals surface area contributed by atoms with Crippen LogP contribution in [0.25, 0.3) is 11.5 Å². The smallest absolute Gasteiger partial charge is 0.244 e. The van der Waals surface area contributed by atoms with Crippen LogP contribution < -0.4 is 5.32 Å². The van der Waals surface area contributed by atoms with Gasteiger partial charge in [-0.15, -0.1) is 0 Å². The minimum absolute atomic E-state index is 0.0937. The summed E-state index contributed by atoms with van der Waals surface area (Å²) >= 11 is 0. The van der Waals surface area contributed by atoms with Gasteiger partial charge in [0.25, 0.3) is 0 Å². The summed E-state index contributed by atoms with van der Waals surface area (Å²) in [5, 5.41) is 7.26. The fourth-order valence-corrected chi connectivity index (χ4v) is 2.03. The van der Waals surface area contributed by atoms with Gasteiger partial charge < -0.3 is 19.6 Å². The first-order valence-electron chi connectivity index (χ1n) is 5.60. The van der Waals surface area contributed by atoms with Crippen molar-refractivity contribution in [2.45, 2.75) is 18.6 Å². The van der Waals surface area contributed by atoms with E-state index in [9.17, 15) is 0 Å². The minimum atomic E-state index is 0.0937. The van der Waals surface area contributed by atoms with Gasteiger partial charge in [0.05, 0.1) is 17.8 Å². The van der Waals surface area contributed by atoms with Crippen molar-refractivity contribution >= 4 is 0 Å². The van der Waals surface area contributed by atoms with Crippen LogP contribution in [0.3, 0.4) is 0 Å². The fourth-order valence-electron chi connectivity index (χ4n) is 2.03. The number of ether oxygens (including phenoxy) is 1. The summed E-state index contributed by atoms with van der Waals surface area (Å²) in [6.45, 7) is 0.821. The summed E-state index contributed by atoms with van der Waals surface area (Å²) in [5.41, 5.74) is 0.862. The summed E-state index contributed by atoms with van der Waals surface area (Å²) in [6, 6.07) is 3.91. The lowest BCUT2D eigenvalue weighted by Crippen LogP contribution is -2.16. The van der Waals surface area contributed by atoms with Crippen LogP contribution in [0.1, 0.15) is 18.4 Å². The number of aromatic nitrogens is 3. The van der Waals surface area contributed by atoms with Gasteiger partial charge in [-0.3, -0.25) is 0 Å². The van der Waals surface area contributed by atoms with Gasteiger partial charge >= 0.3 is 0 Å². The lowest BCUT2D eigenvalue weighted by Gasteiger charge is -2.04. The van der Waals surface area contributed by atoms with Crippen LogP contribution in [0.2, 0.25) is 0 Å². The van der Waals surface area contributed by atoms with Crippen LogP contribution in [-0.4, -0.2) is 34.9 Å². The number of hydrogen-bond donors (Lipinski definition) is 2. The normalized spacial score (nSPS) is 24.3. The molecule has 1 fully saturated rings. The molecule has 3 rings (SSSR count). The van der Waals surface area contributed by atoms with Crippen molar-refractivity contribution in [2.24, 2.45) is 0 Å². The summed E-state index contributed by atoms with van der Waals surface area (Å²) in [7, 11) is 1.72. The molecule has 0 bridgehead atoms. The van der Waals surface area contributed by atoms with Crippen molar-refractivity contribution in [1.82, 2.24) is 20.4 Å². The van der Waals surface area contributed by atoms with Crippen molar-refractivity contribution in [1.29, 1.82) is 0 Å². The van der Waals surface area contributed by atoms with Gasteiger partial charge in [0.15, 0.2) is 0 Å². The van der Waals surface area contributed by atoms with Crippen molar-refractivity contribution < 1.29 is 9.26 Å². The molecule has 1 aliphatic heterocycles. The third-order valence-electron chi connectivity index (χ3n) is 3.00. The Morgan fingerprint density at radius 3 is 3.18 bits per heavy atom. The van der Waals surface area contributed by atoms with Gasteiger partial charge in [-0.25, -0.2) is 0 Å². The molecule has 0 radical (unpaired) electrons. The Kier molecular flexibility index (Phi) is 2.66. The van der Waals surface area contributed by atoms with Gasteiger partial charge in [0.1, 0.15) is 0 Å². The molecule has 1 saturated heterocycles. The SMILES string of the molecule is CO[C@@H]1CN[C@@H](c2nc(-c3ccc[nH]3)no2)C1. The zero-order chi connectivity index (χ0) is 11.7. The highest BCUT2D eigenvalue weighted by atomic mass is 16.5. The van der Waals surface area contributed by atoms with E-state index in [4.69, 9.17) is 9.26 Å². The number of methoxy groups -OCH3 is 1. The van der Waals surface area contributed by atoms with Gasteiger partial charge in [0.2, 0.25) is 11.7 Å². The highest BCUT2D eigenvalue weighted by Crippen LogP contribution is 2.25. The monoisotopic (exact) mass is 234 g/mol. The second kappa shape index (κ2) is 4.31. The molecular formula is C11H14N4O2. The van der Waals surface area contributed by atoms with E-state index in [1.807, 2.05) is 18.3 Å². The predicted octanol–water partition coefficient (Wildman–Crippen LogP) is 1.11. The summed E-state index contributed by atoms with van der Waals surface area (Å²) in [5.74, 6) is 1.21. The van der Waals surface area contributed by atoms with E-state index >= 15 is 0 Å². The Morgan fingerprint density at radius 2 is 2.47 bits per heavy atom. The maximum absolute atomic E-state index is 5.28. The molecule has 0 amide bonds. The zero-order valence-electron chi connectivity index (χ0n) is 9.51. The van der Waals surface area contributed by atoms with E-state index in [1.165, 1.54) is 0 Å². The Bertz CT molecular complexity index is 479. The second-order valence-electron chi connectivity index (χ2n) is 4.09. The van der Waals surface area contributed by atoms with E-state index < -0.39 is 0 Å². The minimum Gasteiger partial charge on any atom is -0.380 e. The van der Waals surface area contributed by atoms with Crippen molar-refractivity contribution in [3.63, 3.8) is 0 Å². The number of nitrogens with one attached hydrogen (secondary N) is 2. The topological polar surface area (TPSA) is 76.0 Å². The van der Waals surface area contributed by atoms with Crippen molar-refractivity contribution in [3.8, 4) is 11.5 Å². The standard InChI is InChI=1S/C11H14N4O2/c1-16-7-5-9(13-6-7)11-14-10(15-17-11)8-3-2-4-12-8/h2-4,7,9,12-13H,5-6H2,1H3/t7-,9+/m0/s1. The average Bonchev–Trinajstić information content (AvgIpc) is 3.09. The third kappa shape index (κ3) is 1.96. The summed E-state index contributed by atoms with van der Waals surface area (Å²) in [4.78, 5) is 7.42. The van der Waals surface area contributed by atoms with Crippen molar-refractivity contribution in [3.05, 3.63) is 24.2 Å². The number of aromatic amines is 1. The van der Waals surface area contributed by atoms with Crippen LogP contribution in [0, 0.1) is 0 Å². The van der Waals surface area contributed by atoms with Gasteiger partial charge in [-0.05, 0) is 18.6 Å². The number of hydrogen-bond acceptors (Lipinski definition) is 5. The first kappa shape index (κ1) is 10.5. The molecule has 0 unspecified atom stereocenters. The quantitative estimate of drug-likeness (QED) is 0.832.